The van der Waals surface area contributed by atoms with Crippen LogP contribution in [0.3, 0.4) is 0 Å². The Hall–Kier alpha value is -4.64. The van der Waals surface area contributed by atoms with Crippen LogP contribution in [0.1, 0.15) is 40.2 Å². The van der Waals surface area contributed by atoms with E-state index in [1.807, 2.05) is 30.3 Å². The van der Waals surface area contributed by atoms with E-state index in [0.29, 0.717) is 11.1 Å². The lowest BCUT2D eigenvalue weighted by molar-refractivity contribution is -0.224. The smallest absolute Gasteiger partial charge is 0.206 e. The summed E-state index contributed by atoms with van der Waals surface area (Å²) in [5.41, 5.74) is 2.42. The van der Waals surface area contributed by atoms with Gasteiger partial charge in [-0.25, -0.2) is 0 Å². The standard InChI is InChI=1S/C16H16O5.C15H14O5/c1-20-16(19)11-7-8-13(17)14(18)15(11)21-9-12(16)10-5-3-2-4-6-10;16-9-3-1-8(2-4-9)11-7-20-15-10(13(11)18)5-6-12(17)14(15)19/h2-8,12,17-19H,9H2,1H3;1-6,11,13,16-19H,7H2. The summed E-state index contributed by atoms with van der Waals surface area (Å²) in [6, 6.07) is 21.6. The van der Waals surface area contributed by atoms with Crippen LogP contribution in [0.2, 0.25) is 0 Å². The number of aromatic hydroxyl groups is 5. The number of phenolic OH excluding ortho intramolecular Hbond substituents is 5. The predicted octanol–water partition coefficient (Wildman–Crippen LogP) is 4.08. The van der Waals surface area contributed by atoms with Gasteiger partial charge in [0.2, 0.25) is 17.3 Å². The van der Waals surface area contributed by atoms with Crippen molar-refractivity contribution >= 4 is 0 Å². The first-order chi connectivity index (χ1) is 19.7. The summed E-state index contributed by atoms with van der Waals surface area (Å²) in [7, 11) is 1.40. The Morgan fingerprint density at radius 1 is 0.707 bits per heavy atom. The number of hydrogen-bond donors (Lipinski definition) is 7. The molecule has 0 radical (unpaired) electrons. The first-order valence-corrected chi connectivity index (χ1v) is 12.8. The summed E-state index contributed by atoms with van der Waals surface area (Å²) in [5.74, 6) is -3.39. The molecule has 0 amide bonds. The molecule has 4 aromatic rings. The fraction of sp³-hybridized carbons (Fsp3) is 0.226. The van der Waals surface area contributed by atoms with Gasteiger partial charge in [-0.3, -0.25) is 0 Å². The molecule has 2 aliphatic rings. The summed E-state index contributed by atoms with van der Waals surface area (Å²) in [6.45, 7) is 0.300. The van der Waals surface area contributed by atoms with Gasteiger partial charge in [0, 0.05) is 18.6 Å². The zero-order valence-corrected chi connectivity index (χ0v) is 22.0. The number of methoxy groups -OCH3 is 1. The van der Waals surface area contributed by atoms with Crippen LogP contribution in [0.25, 0.3) is 0 Å². The van der Waals surface area contributed by atoms with E-state index in [4.69, 9.17) is 14.2 Å². The number of hydrogen-bond acceptors (Lipinski definition) is 10. The Balaban J connectivity index is 0.000000165. The van der Waals surface area contributed by atoms with Gasteiger partial charge in [0.1, 0.15) is 12.4 Å². The monoisotopic (exact) mass is 562 g/mol. The van der Waals surface area contributed by atoms with Crippen molar-refractivity contribution in [2.45, 2.75) is 23.7 Å². The van der Waals surface area contributed by atoms with Gasteiger partial charge >= 0.3 is 0 Å². The molecule has 10 heteroatoms. The van der Waals surface area contributed by atoms with Crippen molar-refractivity contribution in [1.29, 1.82) is 0 Å². The molecule has 2 heterocycles. The molecule has 10 nitrogen and oxygen atoms in total. The molecule has 4 atom stereocenters. The van der Waals surface area contributed by atoms with Gasteiger partial charge in [-0.15, -0.1) is 0 Å². The first kappa shape index (κ1) is 27.9. The highest BCUT2D eigenvalue weighted by molar-refractivity contribution is 5.58. The number of benzene rings is 4. The molecule has 0 saturated carbocycles. The van der Waals surface area contributed by atoms with Crippen molar-refractivity contribution in [2.24, 2.45) is 0 Å². The Bertz CT molecular complexity index is 1520. The van der Waals surface area contributed by atoms with Crippen molar-refractivity contribution in [3.8, 4) is 40.2 Å². The molecule has 4 aromatic carbocycles. The van der Waals surface area contributed by atoms with Crippen molar-refractivity contribution < 1.29 is 50.0 Å². The van der Waals surface area contributed by atoms with E-state index >= 15 is 0 Å². The van der Waals surface area contributed by atoms with Crippen LogP contribution in [0.15, 0.2) is 78.9 Å². The fourth-order valence-electron chi connectivity index (χ4n) is 5.16. The van der Waals surface area contributed by atoms with E-state index < -0.39 is 23.6 Å². The SMILES string of the molecule is COC1(O)c2ccc(O)c(O)c2OCC1c1ccccc1.Oc1ccc(C2COc3c(ccc(O)c3O)C2O)cc1. The minimum absolute atomic E-state index is 0.0477. The minimum atomic E-state index is -1.64. The molecule has 41 heavy (non-hydrogen) atoms. The number of aliphatic hydroxyl groups is 2. The Morgan fingerprint density at radius 3 is 1.98 bits per heavy atom. The van der Waals surface area contributed by atoms with Crippen LogP contribution in [0.4, 0.5) is 0 Å². The Kier molecular flexibility index (Phi) is 7.55. The van der Waals surface area contributed by atoms with Crippen molar-refractivity contribution in [3.63, 3.8) is 0 Å². The molecule has 0 aromatic heterocycles. The minimum Gasteiger partial charge on any atom is -0.508 e. The second kappa shape index (κ2) is 11.1. The summed E-state index contributed by atoms with van der Waals surface area (Å²) < 4.78 is 16.4. The normalized spacial score (nSPS) is 22.7. The molecule has 7 N–H and O–H groups in total. The molecule has 0 spiro atoms. The van der Waals surface area contributed by atoms with Crippen LogP contribution < -0.4 is 9.47 Å². The third-order valence-corrected chi connectivity index (χ3v) is 7.44. The second-order valence-electron chi connectivity index (χ2n) is 9.79. The number of phenols is 5. The highest BCUT2D eigenvalue weighted by atomic mass is 16.6. The van der Waals surface area contributed by atoms with Crippen LogP contribution in [0, 0.1) is 0 Å². The van der Waals surface area contributed by atoms with E-state index in [1.165, 1.54) is 31.4 Å². The van der Waals surface area contributed by atoms with Crippen molar-refractivity contribution in [3.05, 3.63) is 101 Å². The molecule has 0 fully saturated rings. The molecule has 4 unspecified atom stereocenters. The average molecular weight is 563 g/mol. The molecule has 0 aliphatic carbocycles. The lowest BCUT2D eigenvalue weighted by Crippen LogP contribution is -2.42. The highest BCUT2D eigenvalue weighted by Crippen LogP contribution is 2.51. The zero-order chi connectivity index (χ0) is 29.3. The topological polar surface area (TPSA) is 169 Å². The van der Waals surface area contributed by atoms with E-state index in [1.54, 1.807) is 24.3 Å². The number of ether oxygens (including phenoxy) is 3. The van der Waals surface area contributed by atoms with E-state index in [9.17, 15) is 35.7 Å². The Labute approximate surface area is 235 Å². The van der Waals surface area contributed by atoms with Gasteiger partial charge in [-0.2, -0.15) is 0 Å². The van der Waals surface area contributed by atoms with E-state index in [2.05, 4.69) is 0 Å². The number of aliphatic hydroxyl groups excluding tert-OH is 1. The largest absolute Gasteiger partial charge is 0.508 e. The first-order valence-electron chi connectivity index (χ1n) is 12.8. The van der Waals surface area contributed by atoms with Gasteiger partial charge in [0.15, 0.2) is 23.0 Å². The summed E-state index contributed by atoms with van der Waals surface area (Å²) in [4.78, 5) is 0. The van der Waals surface area contributed by atoms with Crippen LogP contribution >= 0.6 is 0 Å². The molecule has 6 rings (SSSR count). The number of fused-ring (bicyclic) bond motifs is 2. The molecule has 0 bridgehead atoms. The summed E-state index contributed by atoms with van der Waals surface area (Å²) >= 11 is 0. The van der Waals surface area contributed by atoms with Gasteiger partial charge in [-0.1, -0.05) is 42.5 Å². The highest BCUT2D eigenvalue weighted by Gasteiger charge is 2.47. The number of rotatable bonds is 3. The zero-order valence-electron chi connectivity index (χ0n) is 22.0. The van der Waals surface area contributed by atoms with Crippen LogP contribution in [-0.4, -0.2) is 56.1 Å². The molecular weight excluding hydrogens is 532 g/mol. The maximum atomic E-state index is 11.0. The summed E-state index contributed by atoms with van der Waals surface area (Å²) in [5, 5.41) is 69.3. The fourth-order valence-corrected chi connectivity index (χ4v) is 5.16. The van der Waals surface area contributed by atoms with Gasteiger partial charge in [0.25, 0.3) is 0 Å². The molecular formula is C31H30O10. The molecule has 0 saturated heterocycles. The van der Waals surface area contributed by atoms with Gasteiger partial charge in [0.05, 0.1) is 24.2 Å². The third kappa shape index (κ3) is 5.04. The van der Waals surface area contributed by atoms with Gasteiger partial charge < -0.3 is 50.0 Å². The van der Waals surface area contributed by atoms with Gasteiger partial charge in [-0.05, 0) is 47.5 Å². The Morgan fingerprint density at radius 2 is 1.32 bits per heavy atom. The van der Waals surface area contributed by atoms with E-state index in [-0.39, 0.29) is 53.6 Å². The van der Waals surface area contributed by atoms with Crippen LogP contribution in [0.5, 0.6) is 40.2 Å². The van der Waals surface area contributed by atoms with Crippen molar-refractivity contribution in [1.82, 2.24) is 0 Å². The van der Waals surface area contributed by atoms with Crippen LogP contribution in [-0.2, 0) is 10.5 Å². The lowest BCUT2D eigenvalue weighted by Gasteiger charge is -2.40. The lowest BCUT2D eigenvalue weighted by atomic mass is 9.84. The van der Waals surface area contributed by atoms with E-state index in [0.717, 1.165) is 11.1 Å². The maximum absolute atomic E-state index is 11.0. The predicted molar refractivity (Wildman–Crippen MR) is 146 cm³/mol. The molecule has 214 valence electrons. The average Bonchev–Trinajstić information content (AvgIpc) is 2.99. The maximum Gasteiger partial charge on any atom is 0.206 e. The third-order valence-electron chi connectivity index (χ3n) is 7.44. The summed E-state index contributed by atoms with van der Waals surface area (Å²) in [6.07, 6.45) is -0.852. The quantitative estimate of drug-likeness (QED) is 0.143. The molecule has 2 aliphatic heterocycles. The van der Waals surface area contributed by atoms with Crippen molar-refractivity contribution in [2.75, 3.05) is 20.3 Å². The second-order valence-corrected chi connectivity index (χ2v) is 9.79.